The van der Waals surface area contributed by atoms with Gasteiger partial charge in [0.05, 0.1) is 24.2 Å². The number of carbonyl (C=O) groups excluding carboxylic acids is 1. The number of aromatic amines is 1. The number of carbonyl (C=O) groups is 1. The number of rotatable bonds is 4. The molecule has 1 amide bonds. The van der Waals surface area contributed by atoms with Crippen LogP contribution in [0.15, 0.2) is 53.7 Å². The number of imidazole rings is 1. The van der Waals surface area contributed by atoms with Crippen LogP contribution in [-0.2, 0) is 9.53 Å². The van der Waals surface area contributed by atoms with Gasteiger partial charge in [-0.2, -0.15) is 0 Å². The third kappa shape index (κ3) is 3.72. The number of nitrogens with zero attached hydrogens (tertiary/aromatic N) is 2. The molecule has 1 N–H and O–H groups in total. The maximum atomic E-state index is 13.2. The standard InChI is InChI=1S/C19H18ClN3O2S/c20-14-6-7-15-16(12-14)22-19(21-15)26-17(13-4-2-1-3-5-13)18(24)23-8-10-25-11-9-23/h1-7,12,17H,8-11H2,(H,21,22)/t17-/m0/s1. The summed E-state index contributed by atoms with van der Waals surface area (Å²) in [6, 6.07) is 15.3. The molecule has 0 radical (unpaired) electrons. The number of benzene rings is 2. The Morgan fingerprint density at radius 1 is 1.19 bits per heavy atom. The second-order valence-corrected chi connectivity index (χ2v) is 7.58. The van der Waals surface area contributed by atoms with E-state index in [0.29, 0.717) is 36.5 Å². The number of fused-ring (bicyclic) bond motifs is 1. The molecular weight excluding hydrogens is 370 g/mol. The molecule has 1 aliphatic heterocycles. The quantitative estimate of drug-likeness (QED) is 0.689. The average Bonchev–Trinajstić information content (AvgIpc) is 3.08. The van der Waals surface area contributed by atoms with Gasteiger partial charge in [0.2, 0.25) is 5.91 Å². The minimum Gasteiger partial charge on any atom is -0.378 e. The average molecular weight is 388 g/mol. The van der Waals surface area contributed by atoms with Gasteiger partial charge in [0.25, 0.3) is 0 Å². The van der Waals surface area contributed by atoms with Gasteiger partial charge in [0.15, 0.2) is 5.16 Å². The van der Waals surface area contributed by atoms with Crippen LogP contribution in [-0.4, -0.2) is 47.1 Å². The fourth-order valence-corrected chi connectivity index (χ4v) is 4.22. The van der Waals surface area contributed by atoms with E-state index in [1.54, 1.807) is 0 Å². The zero-order valence-electron chi connectivity index (χ0n) is 14.0. The maximum absolute atomic E-state index is 13.2. The minimum atomic E-state index is -0.356. The molecule has 5 nitrogen and oxygen atoms in total. The number of aromatic nitrogens is 2. The lowest BCUT2D eigenvalue weighted by molar-refractivity contribution is -0.134. The van der Waals surface area contributed by atoms with Gasteiger partial charge in [-0.15, -0.1) is 0 Å². The lowest BCUT2D eigenvalue weighted by atomic mass is 10.1. The minimum absolute atomic E-state index is 0.0861. The molecule has 3 aromatic rings. The zero-order valence-corrected chi connectivity index (χ0v) is 15.6. The normalized spacial score (nSPS) is 16.0. The van der Waals surface area contributed by atoms with Crippen molar-refractivity contribution in [1.29, 1.82) is 0 Å². The lowest BCUT2D eigenvalue weighted by Crippen LogP contribution is -2.42. The number of hydrogen-bond acceptors (Lipinski definition) is 4. The zero-order chi connectivity index (χ0) is 17.9. The Hall–Kier alpha value is -2.02. The summed E-state index contributed by atoms with van der Waals surface area (Å²) in [6.45, 7) is 2.42. The predicted molar refractivity (Wildman–Crippen MR) is 104 cm³/mol. The summed E-state index contributed by atoms with van der Waals surface area (Å²) in [5, 5.41) is 1.00. The monoisotopic (exact) mass is 387 g/mol. The summed E-state index contributed by atoms with van der Waals surface area (Å²) >= 11 is 7.49. The Morgan fingerprint density at radius 3 is 2.73 bits per heavy atom. The number of ether oxygens (including phenoxy) is 1. The SMILES string of the molecule is O=C([C@@H](Sc1nc2ccc(Cl)cc2[nH]1)c1ccccc1)N1CCOCC1. The van der Waals surface area contributed by atoms with E-state index in [1.807, 2.05) is 53.4 Å². The first-order chi connectivity index (χ1) is 12.7. The lowest BCUT2D eigenvalue weighted by Gasteiger charge is -2.30. The van der Waals surface area contributed by atoms with Gasteiger partial charge in [0, 0.05) is 18.1 Å². The molecule has 2 aromatic carbocycles. The van der Waals surface area contributed by atoms with Crippen LogP contribution >= 0.6 is 23.4 Å². The van der Waals surface area contributed by atoms with Crippen LogP contribution in [0, 0.1) is 0 Å². The van der Waals surface area contributed by atoms with E-state index < -0.39 is 0 Å². The summed E-state index contributed by atoms with van der Waals surface area (Å²) in [6.07, 6.45) is 0. The topological polar surface area (TPSA) is 58.2 Å². The number of amides is 1. The van der Waals surface area contributed by atoms with Crippen molar-refractivity contribution in [2.75, 3.05) is 26.3 Å². The Morgan fingerprint density at radius 2 is 1.96 bits per heavy atom. The first kappa shape index (κ1) is 17.4. The summed E-state index contributed by atoms with van der Waals surface area (Å²) in [7, 11) is 0. The number of H-pyrrole nitrogens is 1. The second kappa shape index (κ2) is 7.70. The highest BCUT2D eigenvalue weighted by Gasteiger charge is 2.29. The van der Waals surface area contributed by atoms with Gasteiger partial charge in [-0.1, -0.05) is 53.7 Å². The van der Waals surface area contributed by atoms with E-state index in [1.165, 1.54) is 11.8 Å². The summed E-state index contributed by atoms with van der Waals surface area (Å²) in [5.74, 6) is 0.0861. The first-order valence-corrected chi connectivity index (χ1v) is 9.70. The largest absolute Gasteiger partial charge is 0.378 e. The molecule has 7 heteroatoms. The van der Waals surface area contributed by atoms with Crippen LogP contribution in [0.5, 0.6) is 0 Å². The van der Waals surface area contributed by atoms with E-state index in [0.717, 1.165) is 16.6 Å². The Kier molecular flexibility index (Phi) is 5.15. The fraction of sp³-hybridized carbons (Fsp3) is 0.263. The van der Waals surface area contributed by atoms with Gasteiger partial charge < -0.3 is 14.6 Å². The Labute approximate surface area is 160 Å². The van der Waals surface area contributed by atoms with Crippen molar-refractivity contribution in [3.8, 4) is 0 Å². The maximum Gasteiger partial charge on any atom is 0.240 e. The molecule has 2 heterocycles. The highest BCUT2D eigenvalue weighted by atomic mass is 35.5. The highest BCUT2D eigenvalue weighted by Crippen LogP contribution is 2.36. The fourth-order valence-electron chi connectivity index (χ4n) is 2.96. The third-order valence-electron chi connectivity index (χ3n) is 4.30. The molecule has 4 rings (SSSR count). The van der Waals surface area contributed by atoms with E-state index in [9.17, 15) is 4.79 Å². The molecule has 1 aromatic heterocycles. The van der Waals surface area contributed by atoms with Crippen molar-refractivity contribution in [2.45, 2.75) is 10.4 Å². The molecule has 1 aliphatic rings. The molecular formula is C19H18ClN3O2S. The highest BCUT2D eigenvalue weighted by molar-refractivity contribution is 8.00. The van der Waals surface area contributed by atoms with Crippen molar-refractivity contribution >= 4 is 40.3 Å². The number of thioether (sulfide) groups is 1. The van der Waals surface area contributed by atoms with E-state index >= 15 is 0 Å². The van der Waals surface area contributed by atoms with Crippen molar-refractivity contribution in [3.05, 3.63) is 59.1 Å². The molecule has 0 bridgehead atoms. The van der Waals surface area contributed by atoms with Gasteiger partial charge in [-0.25, -0.2) is 4.98 Å². The van der Waals surface area contributed by atoms with Gasteiger partial charge >= 0.3 is 0 Å². The molecule has 1 atom stereocenters. The number of nitrogens with one attached hydrogen (secondary N) is 1. The van der Waals surface area contributed by atoms with E-state index in [2.05, 4.69) is 9.97 Å². The molecule has 1 saturated heterocycles. The van der Waals surface area contributed by atoms with E-state index in [-0.39, 0.29) is 11.2 Å². The van der Waals surface area contributed by atoms with Crippen molar-refractivity contribution in [3.63, 3.8) is 0 Å². The van der Waals surface area contributed by atoms with Crippen LogP contribution in [0.1, 0.15) is 10.8 Å². The van der Waals surface area contributed by atoms with Gasteiger partial charge in [0.1, 0.15) is 5.25 Å². The number of halogens is 1. The molecule has 0 aliphatic carbocycles. The molecule has 1 fully saturated rings. The van der Waals surface area contributed by atoms with Gasteiger partial charge in [-0.05, 0) is 23.8 Å². The van der Waals surface area contributed by atoms with Crippen LogP contribution in [0.2, 0.25) is 5.02 Å². The Balaban J connectivity index is 1.64. The van der Waals surface area contributed by atoms with Crippen LogP contribution < -0.4 is 0 Å². The number of hydrogen-bond donors (Lipinski definition) is 1. The number of morpholine rings is 1. The summed E-state index contributed by atoms with van der Waals surface area (Å²) in [5.41, 5.74) is 2.67. The molecule has 0 unspecified atom stereocenters. The molecule has 0 saturated carbocycles. The first-order valence-electron chi connectivity index (χ1n) is 8.44. The third-order valence-corrected chi connectivity index (χ3v) is 5.66. The molecule has 134 valence electrons. The predicted octanol–water partition coefficient (Wildman–Crippen LogP) is 3.91. The smallest absolute Gasteiger partial charge is 0.240 e. The second-order valence-electron chi connectivity index (χ2n) is 6.05. The van der Waals surface area contributed by atoms with Gasteiger partial charge in [-0.3, -0.25) is 4.79 Å². The molecule has 26 heavy (non-hydrogen) atoms. The molecule has 0 spiro atoms. The van der Waals surface area contributed by atoms with Crippen LogP contribution in [0.3, 0.4) is 0 Å². The Bertz CT molecular complexity index is 910. The van der Waals surface area contributed by atoms with Crippen molar-refractivity contribution in [2.24, 2.45) is 0 Å². The van der Waals surface area contributed by atoms with Crippen LogP contribution in [0.4, 0.5) is 0 Å². The van der Waals surface area contributed by atoms with Crippen molar-refractivity contribution < 1.29 is 9.53 Å². The van der Waals surface area contributed by atoms with Crippen molar-refractivity contribution in [1.82, 2.24) is 14.9 Å². The summed E-state index contributed by atoms with van der Waals surface area (Å²) < 4.78 is 5.37. The summed E-state index contributed by atoms with van der Waals surface area (Å²) in [4.78, 5) is 22.9. The van der Waals surface area contributed by atoms with Crippen LogP contribution in [0.25, 0.3) is 11.0 Å². The van der Waals surface area contributed by atoms with E-state index in [4.69, 9.17) is 16.3 Å².